The Hall–Kier alpha value is -1.59. The monoisotopic (exact) mass is 211 g/mol. The summed E-state index contributed by atoms with van der Waals surface area (Å²) in [6.07, 6.45) is -0.719. The normalized spacial score (nSPS) is 14.5. The number of carboxylic acid groups (broad SMARTS) is 1. The SMILES string of the molecule is COC(c1ccc(O)cc1)C(N)C(=O)O. The molecule has 1 rings (SSSR count). The minimum atomic E-state index is -1.13. The topological polar surface area (TPSA) is 92.8 Å². The van der Waals surface area contributed by atoms with Gasteiger partial charge in [0, 0.05) is 7.11 Å². The molecule has 0 spiro atoms. The molecule has 82 valence electrons. The van der Waals surface area contributed by atoms with Crippen molar-refractivity contribution in [3.63, 3.8) is 0 Å². The lowest BCUT2D eigenvalue weighted by Gasteiger charge is -2.19. The van der Waals surface area contributed by atoms with Gasteiger partial charge in [0.2, 0.25) is 0 Å². The highest BCUT2D eigenvalue weighted by Crippen LogP contribution is 2.21. The number of ether oxygens (including phenoxy) is 1. The molecule has 0 amide bonds. The molecule has 4 N–H and O–H groups in total. The summed E-state index contributed by atoms with van der Waals surface area (Å²) in [6, 6.07) is 4.93. The minimum absolute atomic E-state index is 0.109. The number of phenolic OH excluding ortho intramolecular Hbond substituents is 1. The molecule has 15 heavy (non-hydrogen) atoms. The summed E-state index contributed by atoms with van der Waals surface area (Å²) in [7, 11) is 1.39. The van der Waals surface area contributed by atoms with E-state index in [1.165, 1.54) is 19.2 Å². The van der Waals surface area contributed by atoms with Crippen LogP contribution in [-0.2, 0) is 9.53 Å². The fourth-order valence-electron chi connectivity index (χ4n) is 1.28. The van der Waals surface area contributed by atoms with Crippen LogP contribution in [0.3, 0.4) is 0 Å². The number of carboxylic acids is 1. The summed E-state index contributed by atoms with van der Waals surface area (Å²) in [4.78, 5) is 10.7. The molecule has 5 nitrogen and oxygen atoms in total. The van der Waals surface area contributed by atoms with Crippen LogP contribution in [0.15, 0.2) is 24.3 Å². The van der Waals surface area contributed by atoms with Gasteiger partial charge in [-0.15, -0.1) is 0 Å². The van der Waals surface area contributed by atoms with E-state index in [1.807, 2.05) is 0 Å². The molecule has 5 heteroatoms. The Balaban J connectivity index is 2.92. The Bertz CT molecular complexity index is 336. The first-order valence-electron chi connectivity index (χ1n) is 4.36. The predicted octanol–water partition coefficient (Wildman–Crippen LogP) is 0.492. The number of hydrogen-bond acceptors (Lipinski definition) is 4. The Morgan fingerprint density at radius 3 is 2.33 bits per heavy atom. The first-order chi connectivity index (χ1) is 7.06. The maximum absolute atomic E-state index is 10.7. The number of phenols is 1. The maximum atomic E-state index is 10.7. The van der Waals surface area contributed by atoms with Gasteiger partial charge in [-0.25, -0.2) is 0 Å². The van der Waals surface area contributed by atoms with Crippen molar-refractivity contribution < 1.29 is 19.7 Å². The first-order valence-corrected chi connectivity index (χ1v) is 4.36. The van der Waals surface area contributed by atoms with E-state index >= 15 is 0 Å². The zero-order valence-electron chi connectivity index (χ0n) is 8.25. The molecule has 2 unspecified atom stereocenters. The van der Waals surface area contributed by atoms with Gasteiger partial charge < -0.3 is 20.7 Å². The highest BCUT2D eigenvalue weighted by atomic mass is 16.5. The van der Waals surface area contributed by atoms with Crippen LogP contribution >= 0.6 is 0 Å². The van der Waals surface area contributed by atoms with Crippen molar-refractivity contribution in [3.05, 3.63) is 29.8 Å². The van der Waals surface area contributed by atoms with Crippen LogP contribution in [0.1, 0.15) is 11.7 Å². The van der Waals surface area contributed by atoms with Gasteiger partial charge in [-0.2, -0.15) is 0 Å². The van der Waals surface area contributed by atoms with Gasteiger partial charge in [-0.1, -0.05) is 12.1 Å². The van der Waals surface area contributed by atoms with Crippen LogP contribution in [0.25, 0.3) is 0 Å². The van der Waals surface area contributed by atoms with Crippen molar-refractivity contribution in [1.29, 1.82) is 0 Å². The summed E-state index contributed by atoms with van der Waals surface area (Å²) in [5.74, 6) is -1.02. The molecule has 0 heterocycles. The number of aromatic hydroxyl groups is 1. The molecular formula is C10H13NO4. The summed E-state index contributed by atoms with van der Waals surface area (Å²) in [5, 5.41) is 17.8. The van der Waals surface area contributed by atoms with Gasteiger partial charge in [-0.05, 0) is 17.7 Å². The average Bonchev–Trinajstić information content (AvgIpc) is 2.21. The molecule has 0 bridgehead atoms. The Kier molecular flexibility index (Phi) is 3.65. The van der Waals surface area contributed by atoms with Crippen LogP contribution in [0, 0.1) is 0 Å². The fraction of sp³-hybridized carbons (Fsp3) is 0.300. The van der Waals surface area contributed by atoms with Gasteiger partial charge in [-0.3, -0.25) is 4.79 Å². The number of carbonyl (C=O) groups is 1. The minimum Gasteiger partial charge on any atom is -0.508 e. The van der Waals surface area contributed by atoms with Crippen molar-refractivity contribution in [1.82, 2.24) is 0 Å². The van der Waals surface area contributed by atoms with Gasteiger partial charge in [0.05, 0.1) is 0 Å². The van der Waals surface area contributed by atoms with Crippen molar-refractivity contribution >= 4 is 5.97 Å². The van der Waals surface area contributed by atoms with Crippen LogP contribution in [0.4, 0.5) is 0 Å². The molecule has 0 aliphatic heterocycles. The first kappa shape index (κ1) is 11.5. The molecule has 0 fully saturated rings. The fourth-order valence-corrected chi connectivity index (χ4v) is 1.28. The van der Waals surface area contributed by atoms with Gasteiger partial charge >= 0.3 is 5.97 Å². The number of aliphatic carboxylic acids is 1. The van der Waals surface area contributed by atoms with Crippen LogP contribution < -0.4 is 5.73 Å². The van der Waals surface area contributed by atoms with Crippen LogP contribution in [0.2, 0.25) is 0 Å². The maximum Gasteiger partial charge on any atom is 0.323 e. The summed E-state index contributed by atoms with van der Waals surface area (Å²) >= 11 is 0. The van der Waals surface area contributed by atoms with E-state index < -0.39 is 18.1 Å². The largest absolute Gasteiger partial charge is 0.508 e. The number of methoxy groups -OCH3 is 1. The number of rotatable bonds is 4. The van der Waals surface area contributed by atoms with E-state index in [9.17, 15) is 4.79 Å². The third-order valence-electron chi connectivity index (χ3n) is 2.09. The van der Waals surface area contributed by atoms with E-state index in [-0.39, 0.29) is 5.75 Å². The van der Waals surface area contributed by atoms with Crippen LogP contribution in [-0.4, -0.2) is 29.3 Å². The zero-order valence-corrected chi connectivity index (χ0v) is 8.25. The van der Waals surface area contributed by atoms with E-state index in [1.54, 1.807) is 12.1 Å². The predicted molar refractivity (Wildman–Crippen MR) is 53.5 cm³/mol. The van der Waals surface area contributed by atoms with E-state index in [2.05, 4.69) is 0 Å². The summed E-state index contributed by atoms with van der Waals surface area (Å²) in [6.45, 7) is 0. The molecule has 0 saturated heterocycles. The molecule has 0 saturated carbocycles. The standard InChI is InChI=1S/C10H13NO4/c1-15-9(8(11)10(13)14)6-2-4-7(12)5-3-6/h2-5,8-9,12H,11H2,1H3,(H,13,14). The number of hydrogen-bond donors (Lipinski definition) is 3. The lowest BCUT2D eigenvalue weighted by Crippen LogP contribution is -2.37. The van der Waals surface area contributed by atoms with Gasteiger partial charge in [0.1, 0.15) is 17.9 Å². The van der Waals surface area contributed by atoms with Gasteiger partial charge in [0.15, 0.2) is 0 Å². The van der Waals surface area contributed by atoms with Crippen molar-refractivity contribution in [2.45, 2.75) is 12.1 Å². The molecule has 2 atom stereocenters. The van der Waals surface area contributed by atoms with Crippen molar-refractivity contribution in [3.8, 4) is 5.75 Å². The third kappa shape index (κ3) is 2.68. The molecular weight excluding hydrogens is 198 g/mol. The zero-order chi connectivity index (χ0) is 11.4. The molecule has 0 aliphatic carbocycles. The highest BCUT2D eigenvalue weighted by molar-refractivity contribution is 5.74. The van der Waals surface area contributed by atoms with Gasteiger partial charge in [0.25, 0.3) is 0 Å². The highest BCUT2D eigenvalue weighted by Gasteiger charge is 2.25. The lowest BCUT2D eigenvalue weighted by molar-refractivity contribution is -0.142. The Labute approximate surface area is 87.1 Å². The average molecular weight is 211 g/mol. The van der Waals surface area contributed by atoms with E-state index in [4.69, 9.17) is 20.7 Å². The van der Waals surface area contributed by atoms with E-state index in [0.29, 0.717) is 5.56 Å². The van der Waals surface area contributed by atoms with E-state index in [0.717, 1.165) is 0 Å². The smallest absolute Gasteiger partial charge is 0.323 e. The molecule has 0 aromatic heterocycles. The summed E-state index contributed by atoms with van der Waals surface area (Å²) in [5.41, 5.74) is 6.07. The molecule has 0 aliphatic rings. The second kappa shape index (κ2) is 4.77. The Morgan fingerprint density at radius 1 is 1.40 bits per heavy atom. The Morgan fingerprint density at radius 2 is 1.93 bits per heavy atom. The third-order valence-corrected chi connectivity index (χ3v) is 2.09. The summed E-state index contributed by atoms with van der Waals surface area (Å²) < 4.78 is 5.01. The second-order valence-electron chi connectivity index (χ2n) is 3.11. The van der Waals surface area contributed by atoms with Crippen molar-refractivity contribution in [2.24, 2.45) is 5.73 Å². The lowest BCUT2D eigenvalue weighted by atomic mass is 10.0. The molecule has 1 aromatic rings. The number of benzene rings is 1. The second-order valence-corrected chi connectivity index (χ2v) is 3.11. The van der Waals surface area contributed by atoms with Crippen LogP contribution in [0.5, 0.6) is 5.75 Å². The molecule has 1 aromatic carbocycles. The quantitative estimate of drug-likeness (QED) is 0.674. The van der Waals surface area contributed by atoms with Crippen molar-refractivity contribution in [2.75, 3.05) is 7.11 Å². The molecule has 0 radical (unpaired) electrons. The number of nitrogens with two attached hydrogens (primary N) is 1.